The molecule has 0 aliphatic rings. The normalized spacial score (nSPS) is 10.9. The maximum Gasteiger partial charge on any atom is 0.282 e. The van der Waals surface area contributed by atoms with Gasteiger partial charge >= 0.3 is 0 Å². The van der Waals surface area contributed by atoms with Crippen LogP contribution in [0.15, 0.2) is 90.1 Å². The van der Waals surface area contributed by atoms with Gasteiger partial charge in [-0.05, 0) is 24.6 Å². The Balaban J connectivity index is 1.32. The Labute approximate surface area is 211 Å². The van der Waals surface area contributed by atoms with Crippen LogP contribution < -0.4 is 5.32 Å². The average Bonchev–Trinajstić information content (AvgIpc) is 3.55. The second-order valence-electron chi connectivity index (χ2n) is 7.80. The fourth-order valence-corrected chi connectivity index (χ4v) is 5.14. The van der Waals surface area contributed by atoms with E-state index in [1.165, 1.54) is 28.7 Å². The Morgan fingerprint density at radius 2 is 1.60 bits per heavy atom. The molecular formula is C26H22N6OS2. The van der Waals surface area contributed by atoms with Gasteiger partial charge in [0.05, 0.1) is 5.75 Å². The van der Waals surface area contributed by atoms with Crippen LogP contribution in [0.5, 0.6) is 0 Å². The first-order chi connectivity index (χ1) is 17.2. The molecular weight excluding hydrogens is 476 g/mol. The summed E-state index contributed by atoms with van der Waals surface area (Å²) in [5, 5.41) is 22.0. The van der Waals surface area contributed by atoms with E-state index in [0.29, 0.717) is 17.3 Å². The van der Waals surface area contributed by atoms with Gasteiger partial charge in [0.15, 0.2) is 11.0 Å². The number of amides is 1. The van der Waals surface area contributed by atoms with Crippen molar-refractivity contribution in [3.05, 3.63) is 106 Å². The Kier molecular flexibility index (Phi) is 6.97. The van der Waals surface area contributed by atoms with Crippen LogP contribution in [0, 0.1) is 6.92 Å². The summed E-state index contributed by atoms with van der Waals surface area (Å²) in [6, 6.07) is 28.1. The molecule has 0 radical (unpaired) electrons. The summed E-state index contributed by atoms with van der Waals surface area (Å²) in [5.74, 6) is 1.08. The zero-order valence-electron chi connectivity index (χ0n) is 19.0. The van der Waals surface area contributed by atoms with Gasteiger partial charge in [-0.1, -0.05) is 101 Å². The predicted molar refractivity (Wildman–Crippen MR) is 139 cm³/mol. The minimum absolute atomic E-state index is 0.225. The molecule has 0 saturated carbocycles. The van der Waals surface area contributed by atoms with Gasteiger partial charge in [-0.3, -0.25) is 9.36 Å². The third kappa shape index (κ3) is 5.47. The third-order valence-corrected chi connectivity index (χ3v) is 7.28. The number of hydrogen-bond donors (Lipinski definition) is 1. The number of carbonyl (C=O) groups excluding carboxylic acids is 1. The number of carbonyl (C=O) groups is 1. The molecule has 174 valence electrons. The summed E-state index contributed by atoms with van der Waals surface area (Å²) < 4.78 is 2.05. The predicted octanol–water partition coefficient (Wildman–Crippen LogP) is 5.32. The van der Waals surface area contributed by atoms with Crippen molar-refractivity contribution in [1.29, 1.82) is 0 Å². The first-order valence-corrected chi connectivity index (χ1v) is 12.8. The molecule has 0 fully saturated rings. The molecule has 0 bridgehead atoms. The lowest BCUT2D eigenvalue weighted by atomic mass is 10.2. The molecule has 1 N–H and O–H groups in total. The molecule has 0 unspecified atom stereocenters. The van der Waals surface area contributed by atoms with Crippen molar-refractivity contribution in [2.24, 2.45) is 0 Å². The maximum absolute atomic E-state index is 12.5. The van der Waals surface area contributed by atoms with Crippen molar-refractivity contribution in [2.75, 3.05) is 0 Å². The van der Waals surface area contributed by atoms with E-state index in [4.69, 9.17) is 0 Å². The topological polar surface area (TPSA) is 85.6 Å². The first-order valence-electron chi connectivity index (χ1n) is 11.0. The van der Waals surface area contributed by atoms with E-state index in [1.807, 2.05) is 65.2 Å². The average molecular weight is 499 g/mol. The van der Waals surface area contributed by atoms with Crippen molar-refractivity contribution in [2.45, 2.75) is 24.4 Å². The Morgan fingerprint density at radius 1 is 0.886 bits per heavy atom. The van der Waals surface area contributed by atoms with Gasteiger partial charge in [-0.15, -0.1) is 20.4 Å². The summed E-state index contributed by atoms with van der Waals surface area (Å²) in [7, 11) is 0. The van der Waals surface area contributed by atoms with Gasteiger partial charge in [0.2, 0.25) is 5.01 Å². The van der Waals surface area contributed by atoms with Crippen LogP contribution in [0.4, 0.5) is 0 Å². The molecule has 2 heterocycles. The summed E-state index contributed by atoms with van der Waals surface area (Å²) >= 11 is 2.81. The molecule has 0 aliphatic carbocycles. The summed E-state index contributed by atoms with van der Waals surface area (Å²) in [6.45, 7) is 2.51. The highest BCUT2D eigenvalue weighted by Gasteiger charge is 2.18. The van der Waals surface area contributed by atoms with Crippen LogP contribution in [0.3, 0.4) is 0 Å². The van der Waals surface area contributed by atoms with Crippen LogP contribution in [0.1, 0.15) is 25.9 Å². The largest absolute Gasteiger partial charge is 0.346 e. The van der Waals surface area contributed by atoms with Gasteiger partial charge in [-0.25, -0.2) is 0 Å². The molecule has 0 atom stereocenters. The molecule has 5 aromatic rings. The van der Waals surface area contributed by atoms with E-state index >= 15 is 0 Å². The highest BCUT2D eigenvalue weighted by atomic mass is 32.2. The van der Waals surface area contributed by atoms with E-state index in [-0.39, 0.29) is 5.91 Å². The monoisotopic (exact) mass is 498 g/mol. The van der Waals surface area contributed by atoms with E-state index in [2.05, 4.69) is 56.9 Å². The van der Waals surface area contributed by atoms with Crippen molar-refractivity contribution < 1.29 is 4.79 Å². The van der Waals surface area contributed by atoms with Crippen LogP contribution in [0.2, 0.25) is 0 Å². The molecule has 7 nitrogen and oxygen atoms in total. The Bertz CT molecular complexity index is 1420. The molecule has 0 aliphatic heterocycles. The van der Waals surface area contributed by atoms with Crippen LogP contribution in [-0.2, 0) is 12.3 Å². The van der Waals surface area contributed by atoms with E-state index in [9.17, 15) is 4.79 Å². The fourth-order valence-electron chi connectivity index (χ4n) is 3.45. The number of benzene rings is 3. The molecule has 3 aromatic carbocycles. The SMILES string of the molecule is Cc1ccc(-n2c(SCc3nnc(C(=O)NCc4ccccc4)s3)nnc2-c2ccccc2)cc1. The van der Waals surface area contributed by atoms with E-state index in [1.54, 1.807) is 0 Å². The summed E-state index contributed by atoms with van der Waals surface area (Å²) in [6.07, 6.45) is 0. The lowest BCUT2D eigenvalue weighted by molar-refractivity contribution is 0.0950. The minimum atomic E-state index is -0.225. The van der Waals surface area contributed by atoms with Crippen molar-refractivity contribution in [1.82, 2.24) is 30.3 Å². The Hall–Kier alpha value is -3.82. The number of nitrogens with one attached hydrogen (secondary N) is 1. The smallest absolute Gasteiger partial charge is 0.282 e. The van der Waals surface area contributed by atoms with Crippen LogP contribution in [0.25, 0.3) is 17.1 Å². The minimum Gasteiger partial charge on any atom is -0.346 e. The Morgan fingerprint density at radius 3 is 2.34 bits per heavy atom. The first kappa shape index (κ1) is 22.9. The molecule has 5 rings (SSSR count). The van der Waals surface area contributed by atoms with Gasteiger partial charge in [-0.2, -0.15) is 0 Å². The van der Waals surface area contributed by atoms with Gasteiger partial charge in [0.25, 0.3) is 5.91 Å². The van der Waals surface area contributed by atoms with Crippen molar-refractivity contribution in [3.63, 3.8) is 0 Å². The molecule has 1 amide bonds. The molecule has 35 heavy (non-hydrogen) atoms. The molecule has 0 spiro atoms. The lowest BCUT2D eigenvalue weighted by Gasteiger charge is -2.10. The van der Waals surface area contributed by atoms with Crippen molar-refractivity contribution in [3.8, 4) is 17.1 Å². The number of thioether (sulfide) groups is 1. The lowest BCUT2D eigenvalue weighted by Crippen LogP contribution is -2.22. The fraction of sp³-hybridized carbons (Fsp3) is 0.115. The van der Waals surface area contributed by atoms with Crippen molar-refractivity contribution >= 4 is 29.0 Å². The van der Waals surface area contributed by atoms with Gasteiger partial charge < -0.3 is 5.32 Å². The third-order valence-electron chi connectivity index (χ3n) is 5.24. The van der Waals surface area contributed by atoms with Crippen LogP contribution in [-0.4, -0.2) is 30.9 Å². The van der Waals surface area contributed by atoms with E-state index in [0.717, 1.165) is 32.8 Å². The number of nitrogens with zero attached hydrogens (tertiary/aromatic N) is 5. The number of aryl methyl sites for hydroxylation is 1. The summed E-state index contributed by atoms with van der Waals surface area (Å²) in [4.78, 5) is 12.5. The quantitative estimate of drug-likeness (QED) is 0.292. The zero-order valence-corrected chi connectivity index (χ0v) is 20.6. The second kappa shape index (κ2) is 10.6. The second-order valence-corrected chi connectivity index (χ2v) is 9.81. The van der Waals surface area contributed by atoms with E-state index < -0.39 is 0 Å². The molecule has 0 saturated heterocycles. The highest BCUT2D eigenvalue weighted by Crippen LogP contribution is 2.30. The summed E-state index contributed by atoms with van der Waals surface area (Å²) in [5.41, 5.74) is 4.19. The maximum atomic E-state index is 12.5. The van der Waals surface area contributed by atoms with Gasteiger partial charge in [0.1, 0.15) is 5.01 Å². The standard InChI is InChI=1S/C26H22N6OS2/c1-18-12-14-21(15-13-18)32-23(20-10-6-3-7-11-20)29-31-26(32)34-17-22-28-30-25(35-22)24(33)27-16-19-8-4-2-5-9-19/h2-15H,16-17H2,1H3,(H,27,33). The highest BCUT2D eigenvalue weighted by molar-refractivity contribution is 7.98. The van der Waals surface area contributed by atoms with Crippen LogP contribution >= 0.6 is 23.1 Å². The van der Waals surface area contributed by atoms with Gasteiger partial charge in [0, 0.05) is 17.8 Å². The molecule has 2 aromatic heterocycles. The number of hydrogen-bond acceptors (Lipinski definition) is 7. The number of rotatable bonds is 8. The number of aromatic nitrogens is 5. The zero-order chi connectivity index (χ0) is 24.0. The molecule has 9 heteroatoms.